The van der Waals surface area contributed by atoms with Crippen LogP contribution in [0.25, 0.3) is 0 Å². The van der Waals surface area contributed by atoms with E-state index in [4.69, 9.17) is 5.11 Å². The van der Waals surface area contributed by atoms with E-state index in [9.17, 15) is 5.11 Å². The Morgan fingerprint density at radius 1 is 1.33 bits per heavy atom. The summed E-state index contributed by atoms with van der Waals surface area (Å²) in [7, 11) is 0. The van der Waals surface area contributed by atoms with E-state index in [0.717, 1.165) is 38.0 Å². The van der Waals surface area contributed by atoms with Crippen molar-refractivity contribution in [2.24, 2.45) is 11.8 Å². The SMILES string of the molecule is CC1CC(CCCO)CCC1O. The summed E-state index contributed by atoms with van der Waals surface area (Å²) in [5.41, 5.74) is 0. The summed E-state index contributed by atoms with van der Waals surface area (Å²) >= 11 is 0. The van der Waals surface area contributed by atoms with Gasteiger partial charge in [0.25, 0.3) is 0 Å². The Balaban J connectivity index is 2.21. The van der Waals surface area contributed by atoms with E-state index in [1.165, 1.54) is 0 Å². The lowest BCUT2D eigenvalue weighted by Crippen LogP contribution is -2.27. The molecule has 0 aromatic carbocycles. The molecule has 0 saturated heterocycles. The molecular weight excluding hydrogens is 152 g/mol. The molecule has 12 heavy (non-hydrogen) atoms. The van der Waals surface area contributed by atoms with Crippen molar-refractivity contribution in [1.29, 1.82) is 0 Å². The third kappa shape index (κ3) is 2.76. The maximum Gasteiger partial charge on any atom is 0.0566 e. The summed E-state index contributed by atoms with van der Waals surface area (Å²) in [4.78, 5) is 0. The van der Waals surface area contributed by atoms with Crippen LogP contribution in [0.1, 0.15) is 39.0 Å². The molecule has 0 aromatic heterocycles. The van der Waals surface area contributed by atoms with Gasteiger partial charge < -0.3 is 10.2 Å². The first-order valence-electron chi connectivity index (χ1n) is 5.03. The highest BCUT2D eigenvalue weighted by molar-refractivity contribution is 4.76. The van der Waals surface area contributed by atoms with Gasteiger partial charge in [-0.15, -0.1) is 0 Å². The summed E-state index contributed by atoms with van der Waals surface area (Å²) in [5.74, 6) is 1.21. The van der Waals surface area contributed by atoms with Gasteiger partial charge >= 0.3 is 0 Å². The van der Waals surface area contributed by atoms with Crippen molar-refractivity contribution in [2.75, 3.05) is 6.61 Å². The maximum atomic E-state index is 9.47. The van der Waals surface area contributed by atoms with Gasteiger partial charge in [0.05, 0.1) is 6.10 Å². The van der Waals surface area contributed by atoms with Crippen LogP contribution in [0.5, 0.6) is 0 Å². The minimum Gasteiger partial charge on any atom is -0.396 e. The molecule has 2 N–H and O–H groups in total. The fourth-order valence-electron chi connectivity index (χ4n) is 2.13. The van der Waals surface area contributed by atoms with Gasteiger partial charge in [-0.1, -0.05) is 6.92 Å². The van der Waals surface area contributed by atoms with E-state index < -0.39 is 0 Å². The second-order valence-corrected chi connectivity index (χ2v) is 4.09. The Bertz CT molecular complexity index is 123. The molecule has 0 bridgehead atoms. The molecule has 0 aliphatic heterocycles. The zero-order valence-corrected chi connectivity index (χ0v) is 7.87. The highest BCUT2D eigenvalue weighted by atomic mass is 16.3. The number of hydrogen-bond acceptors (Lipinski definition) is 2. The maximum absolute atomic E-state index is 9.47. The smallest absolute Gasteiger partial charge is 0.0566 e. The average molecular weight is 172 g/mol. The van der Waals surface area contributed by atoms with Crippen LogP contribution in [0.4, 0.5) is 0 Å². The summed E-state index contributed by atoms with van der Waals surface area (Å²) in [6, 6.07) is 0. The molecule has 1 aliphatic carbocycles. The molecule has 1 fully saturated rings. The summed E-state index contributed by atoms with van der Waals surface area (Å²) < 4.78 is 0. The first-order chi connectivity index (χ1) is 5.74. The van der Waals surface area contributed by atoms with Gasteiger partial charge in [-0.2, -0.15) is 0 Å². The van der Waals surface area contributed by atoms with E-state index in [2.05, 4.69) is 6.92 Å². The lowest BCUT2D eigenvalue weighted by molar-refractivity contribution is 0.0538. The van der Waals surface area contributed by atoms with E-state index >= 15 is 0 Å². The Hall–Kier alpha value is -0.0800. The first kappa shape index (κ1) is 10.0. The van der Waals surface area contributed by atoms with Crippen LogP contribution >= 0.6 is 0 Å². The van der Waals surface area contributed by atoms with Crippen LogP contribution in [0.15, 0.2) is 0 Å². The van der Waals surface area contributed by atoms with Crippen molar-refractivity contribution in [3.8, 4) is 0 Å². The molecule has 0 aromatic rings. The summed E-state index contributed by atoms with van der Waals surface area (Å²) in [6.45, 7) is 2.43. The second-order valence-electron chi connectivity index (χ2n) is 4.09. The molecule has 3 atom stereocenters. The Morgan fingerprint density at radius 3 is 2.67 bits per heavy atom. The molecule has 0 amide bonds. The highest BCUT2D eigenvalue weighted by Gasteiger charge is 2.25. The largest absolute Gasteiger partial charge is 0.396 e. The molecule has 1 rings (SSSR count). The van der Waals surface area contributed by atoms with E-state index in [1.54, 1.807) is 0 Å². The van der Waals surface area contributed by atoms with Crippen molar-refractivity contribution in [3.05, 3.63) is 0 Å². The molecule has 0 radical (unpaired) electrons. The van der Waals surface area contributed by atoms with Crippen LogP contribution < -0.4 is 0 Å². The quantitative estimate of drug-likeness (QED) is 0.678. The van der Waals surface area contributed by atoms with Gasteiger partial charge in [0.2, 0.25) is 0 Å². The van der Waals surface area contributed by atoms with E-state index in [0.29, 0.717) is 12.5 Å². The highest BCUT2D eigenvalue weighted by Crippen LogP contribution is 2.31. The molecular formula is C10H20O2. The van der Waals surface area contributed by atoms with Crippen LogP contribution in [0.3, 0.4) is 0 Å². The predicted octanol–water partition coefficient (Wildman–Crippen LogP) is 1.56. The van der Waals surface area contributed by atoms with Crippen LogP contribution in [-0.4, -0.2) is 22.9 Å². The Labute approximate surface area is 74.6 Å². The van der Waals surface area contributed by atoms with Gasteiger partial charge in [-0.3, -0.25) is 0 Å². The number of aliphatic hydroxyl groups excluding tert-OH is 2. The number of rotatable bonds is 3. The number of aliphatic hydroxyl groups is 2. The standard InChI is InChI=1S/C10H20O2/c1-8-7-9(3-2-6-11)4-5-10(8)12/h8-12H,2-7H2,1H3. The van der Waals surface area contributed by atoms with E-state index in [-0.39, 0.29) is 6.10 Å². The average Bonchev–Trinajstić information content (AvgIpc) is 2.07. The Kier molecular flexibility index (Phi) is 4.02. The molecule has 72 valence electrons. The first-order valence-corrected chi connectivity index (χ1v) is 5.03. The van der Waals surface area contributed by atoms with Crippen molar-refractivity contribution in [3.63, 3.8) is 0 Å². The molecule has 2 nitrogen and oxygen atoms in total. The van der Waals surface area contributed by atoms with Crippen molar-refractivity contribution >= 4 is 0 Å². The monoisotopic (exact) mass is 172 g/mol. The van der Waals surface area contributed by atoms with Crippen molar-refractivity contribution < 1.29 is 10.2 Å². The lowest BCUT2D eigenvalue weighted by atomic mass is 9.78. The van der Waals surface area contributed by atoms with Gasteiger partial charge in [0.1, 0.15) is 0 Å². The second kappa shape index (κ2) is 4.83. The molecule has 3 unspecified atom stereocenters. The molecule has 0 spiro atoms. The summed E-state index contributed by atoms with van der Waals surface area (Å²) in [6.07, 6.45) is 5.22. The van der Waals surface area contributed by atoms with Gasteiger partial charge in [-0.05, 0) is 43.9 Å². The topological polar surface area (TPSA) is 40.5 Å². The van der Waals surface area contributed by atoms with E-state index in [1.807, 2.05) is 0 Å². The minimum absolute atomic E-state index is 0.0737. The molecule has 1 saturated carbocycles. The normalized spacial score (nSPS) is 36.8. The Morgan fingerprint density at radius 2 is 2.08 bits per heavy atom. The lowest BCUT2D eigenvalue weighted by Gasteiger charge is -2.30. The fourth-order valence-corrected chi connectivity index (χ4v) is 2.13. The van der Waals surface area contributed by atoms with Crippen LogP contribution in [0.2, 0.25) is 0 Å². The van der Waals surface area contributed by atoms with Crippen LogP contribution in [0, 0.1) is 11.8 Å². The minimum atomic E-state index is -0.0737. The van der Waals surface area contributed by atoms with Crippen molar-refractivity contribution in [1.82, 2.24) is 0 Å². The molecule has 2 heteroatoms. The van der Waals surface area contributed by atoms with Crippen LogP contribution in [-0.2, 0) is 0 Å². The third-order valence-corrected chi connectivity index (χ3v) is 3.00. The molecule has 0 heterocycles. The van der Waals surface area contributed by atoms with Gasteiger partial charge in [0.15, 0.2) is 0 Å². The predicted molar refractivity (Wildman–Crippen MR) is 48.8 cm³/mol. The van der Waals surface area contributed by atoms with Crippen molar-refractivity contribution in [2.45, 2.75) is 45.1 Å². The van der Waals surface area contributed by atoms with Gasteiger partial charge in [0, 0.05) is 6.61 Å². The third-order valence-electron chi connectivity index (χ3n) is 3.00. The number of hydrogen-bond donors (Lipinski definition) is 2. The summed E-state index contributed by atoms with van der Waals surface area (Å²) in [5, 5.41) is 18.1. The zero-order valence-electron chi connectivity index (χ0n) is 7.87. The molecule has 1 aliphatic rings. The zero-order chi connectivity index (χ0) is 8.97. The van der Waals surface area contributed by atoms with Gasteiger partial charge in [-0.25, -0.2) is 0 Å². The fraction of sp³-hybridized carbons (Fsp3) is 1.00.